The molecule has 0 spiro atoms. The van der Waals surface area contributed by atoms with Crippen molar-refractivity contribution in [2.75, 3.05) is 13.1 Å². The van der Waals surface area contributed by atoms with Gasteiger partial charge in [0.15, 0.2) is 0 Å². The van der Waals surface area contributed by atoms with Crippen molar-refractivity contribution in [2.45, 2.75) is 19.5 Å². The van der Waals surface area contributed by atoms with Crippen molar-refractivity contribution in [1.82, 2.24) is 5.32 Å². The van der Waals surface area contributed by atoms with Gasteiger partial charge in [0.2, 0.25) is 0 Å². The molecule has 2 rings (SSSR count). The van der Waals surface area contributed by atoms with Crippen LogP contribution in [0.25, 0.3) is 0 Å². The largest absolute Gasteiger partial charge is 0.435 e. The van der Waals surface area contributed by atoms with Crippen molar-refractivity contribution in [3.8, 4) is 5.75 Å². The first-order valence-corrected chi connectivity index (χ1v) is 6.08. The third kappa shape index (κ3) is 3.64. The van der Waals surface area contributed by atoms with Crippen LogP contribution in [0.4, 0.5) is 8.78 Å². The number of ether oxygens (including phenoxy) is 1. The second-order valence-corrected chi connectivity index (χ2v) is 4.79. The molecule has 0 aliphatic heterocycles. The van der Waals surface area contributed by atoms with Crippen molar-refractivity contribution >= 4 is 5.91 Å². The van der Waals surface area contributed by atoms with Gasteiger partial charge in [0.1, 0.15) is 5.75 Å². The molecular weight excluding hydrogens is 254 g/mol. The zero-order valence-corrected chi connectivity index (χ0v) is 10.4. The summed E-state index contributed by atoms with van der Waals surface area (Å²) in [4.78, 5) is 11.9. The number of hydrogen-bond donors (Lipinski definition) is 2. The molecule has 0 bridgehead atoms. The van der Waals surface area contributed by atoms with E-state index < -0.39 is 6.61 Å². The Labute approximate surface area is 109 Å². The van der Waals surface area contributed by atoms with E-state index in [4.69, 9.17) is 5.73 Å². The summed E-state index contributed by atoms with van der Waals surface area (Å²) in [5.74, 6) is -0.331. The van der Waals surface area contributed by atoms with E-state index in [1.165, 1.54) is 18.2 Å². The number of hydrogen-bond acceptors (Lipinski definition) is 3. The predicted molar refractivity (Wildman–Crippen MR) is 66.1 cm³/mol. The van der Waals surface area contributed by atoms with Gasteiger partial charge in [-0.3, -0.25) is 4.79 Å². The standard InChI is InChI=1S/C13H16F2N2O2/c14-12(15)19-10-3-1-2-9(6-10)11(18)17-8-13(7-16)4-5-13/h1-3,6,12H,4-5,7-8,16H2,(H,17,18). The van der Waals surface area contributed by atoms with E-state index in [0.29, 0.717) is 18.7 Å². The van der Waals surface area contributed by atoms with Crippen molar-refractivity contribution < 1.29 is 18.3 Å². The number of alkyl halides is 2. The molecule has 1 fully saturated rings. The lowest BCUT2D eigenvalue weighted by molar-refractivity contribution is -0.0498. The minimum absolute atomic E-state index is 0.0254. The maximum absolute atomic E-state index is 12.1. The first-order chi connectivity index (χ1) is 9.04. The Morgan fingerprint density at radius 3 is 2.79 bits per heavy atom. The lowest BCUT2D eigenvalue weighted by Gasteiger charge is -2.13. The number of halogens is 2. The van der Waals surface area contributed by atoms with Gasteiger partial charge in [-0.15, -0.1) is 0 Å². The van der Waals surface area contributed by atoms with Crippen LogP contribution in [-0.2, 0) is 0 Å². The van der Waals surface area contributed by atoms with Gasteiger partial charge in [-0.2, -0.15) is 8.78 Å². The van der Waals surface area contributed by atoms with Crippen molar-refractivity contribution in [3.63, 3.8) is 0 Å². The summed E-state index contributed by atoms with van der Waals surface area (Å²) >= 11 is 0. The summed E-state index contributed by atoms with van der Waals surface area (Å²) in [5, 5.41) is 2.77. The number of carbonyl (C=O) groups excluding carboxylic acids is 1. The SMILES string of the molecule is NCC1(CNC(=O)c2cccc(OC(F)F)c2)CC1. The number of nitrogens with two attached hydrogens (primary N) is 1. The monoisotopic (exact) mass is 270 g/mol. The Hall–Kier alpha value is -1.69. The van der Waals surface area contributed by atoms with Gasteiger partial charge in [0.25, 0.3) is 5.91 Å². The topological polar surface area (TPSA) is 64.3 Å². The fourth-order valence-corrected chi connectivity index (χ4v) is 1.81. The molecule has 19 heavy (non-hydrogen) atoms. The number of nitrogens with one attached hydrogen (secondary N) is 1. The molecule has 3 N–H and O–H groups in total. The summed E-state index contributed by atoms with van der Waals surface area (Å²) in [7, 11) is 0. The summed E-state index contributed by atoms with van der Waals surface area (Å²) in [6, 6.07) is 5.73. The fraction of sp³-hybridized carbons (Fsp3) is 0.462. The number of carbonyl (C=O) groups is 1. The molecular formula is C13H16F2N2O2. The second-order valence-electron chi connectivity index (χ2n) is 4.79. The van der Waals surface area contributed by atoms with Crippen LogP contribution in [0.15, 0.2) is 24.3 Å². The lowest BCUT2D eigenvalue weighted by Crippen LogP contribution is -2.33. The van der Waals surface area contributed by atoms with Crippen LogP contribution in [0.2, 0.25) is 0 Å². The Kier molecular flexibility index (Phi) is 3.99. The molecule has 1 saturated carbocycles. The fourth-order valence-electron chi connectivity index (χ4n) is 1.81. The Morgan fingerprint density at radius 2 is 2.21 bits per heavy atom. The van der Waals surface area contributed by atoms with Crippen LogP contribution < -0.4 is 15.8 Å². The third-order valence-electron chi connectivity index (χ3n) is 3.34. The Balaban J connectivity index is 1.95. The molecule has 0 atom stereocenters. The van der Waals surface area contributed by atoms with E-state index in [-0.39, 0.29) is 17.1 Å². The molecule has 1 amide bonds. The Morgan fingerprint density at radius 1 is 1.47 bits per heavy atom. The van der Waals surface area contributed by atoms with E-state index in [2.05, 4.69) is 10.1 Å². The maximum atomic E-state index is 12.1. The second kappa shape index (κ2) is 5.52. The van der Waals surface area contributed by atoms with Gasteiger partial charge in [0, 0.05) is 17.5 Å². The van der Waals surface area contributed by atoms with Crippen LogP contribution in [0.1, 0.15) is 23.2 Å². The molecule has 1 aromatic rings. The van der Waals surface area contributed by atoms with Crippen LogP contribution in [-0.4, -0.2) is 25.6 Å². The summed E-state index contributed by atoms with van der Waals surface area (Å²) < 4.78 is 28.4. The van der Waals surface area contributed by atoms with E-state index in [1.807, 2.05) is 0 Å². The number of amides is 1. The van der Waals surface area contributed by atoms with E-state index >= 15 is 0 Å². The molecule has 4 nitrogen and oxygen atoms in total. The normalized spacial score (nSPS) is 16.2. The molecule has 1 aromatic carbocycles. The first kappa shape index (κ1) is 13.7. The smallest absolute Gasteiger partial charge is 0.387 e. The quantitative estimate of drug-likeness (QED) is 0.827. The highest BCUT2D eigenvalue weighted by atomic mass is 19.3. The van der Waals surface area contributed by atoms with Crippen molar-refractivity contribution in [3.05, 3.63) is 29.8 Å². The predicted octanol–water partition coefficient (Wildman–Crippen LogP) is 1.76. The van der Waals surface area contributed by atoms with Crippen LogP contribution in [0, 0.1) is 5.41 Å². The van der Waals surface area contributed by atoms with Gasteiger partial charge in [-0.1, -0.05) is 6.07 Å². The molecule has 6 heteroatoms. The minimum atomic E-state index is -2.90. The zero-order chi connectivity index (χ0) is 13.9. The van der Waals surface area contributed by atoms with Gasteiger partial charge >= 0.3 is 6.61 Å². The van der Waals surface area contributed by atoms with Crippen LogP contribution in [0.5, 0.6) is 5.75 Å². The number of rotatable bonds is 6. The van der Waals surface area contributed by atoms with Gasteiger partial charge < -0.3 is 15.8 Å². The molecule has 0 radical (unpaired) electrons. The molecule has 0 saturated heterocycles. The van der Waals surface area contributed by atoms with E-state index in [0.717, 1.165) is 12.8 Å². The summed E-state index contributed by atoms with van der Waals surface area (Å²) in [5.41, 5.74) is 5.95. The van der Waals surface area contributed by atoms with Crippen LogP contribution >= 0.6 is 0 Å². The average molecular weight is 270 g/mol. The Bertz CT molecular complexity index is 462. The third-order valence-corrected chi connectivity index (χ3v) is 3.34. The maximum Gasteiger partial charge on any atom is 0.387 e. The van der Waals surface area contributed by atoms with E-state index in [9.17, 15) is 13.6 Å². The highest BCUT2D eigenvalue weighted by molar-refractivity contribution is 5.94. The molecule has 0 heterocycles. The van der Waals surface area contributed by atoms with Gasteiger partial charge in [0.05, 0.1) is 0 Å². The molecule has 0 unspecified atom stereocenters. The summed E-state index contributed by atoms with van der Waals surface area (Å²) in [6.07, 6.45) is 2.02. The van der Waals surface area contributed by atoms with Crippen LogP contribution in [0.3, 0.4) is 0 Å². The molecule has 0 aromatic heterocycles. The lowest BCUT2D eigenvalue weighted by atomic mass is 10.1. The van der Waals surface area contributed by atoms with Crippen molar-refractivity contribution in [1.29, 1.82) is 0 Å². The highest BCUT2D eigenvalue weighted by Gasteiger charge is 2.41. The average Bonchev–Trinajstić information content (AvgIpc) is 3.16. The van der Waals surface area contributed by atoms with Gasteiger partial charge in [-0.25, -0.2) is 0 Å². The minimum Gasteiger partial charge on any atom is -0.435 e. The van der Waals surface area contributed by atoms with E-state index in [1.54, 1.807) is 6.07 Å². The molecule has 1 aliphatic carbocycles. The first-order valence-electron chi connectivity index (χ1n) is 6.08. The van der Waals surface area contributed by atoms with Gasteiger partial charge in [-0.05, 0) is 37.6 Å². The molecule has 1 aliphatic rings. The zero-order valence-electron chi connectivity index (χ0n) is 10.4. The van der Waals surface area contributed by atoms with Crippen molar-refractivity contribution in [2.24, 2.45) is 11.1 Å². The molecule has 104 valence electrons. The highest BCUT2D eigenvalue weighted by Crippen LogP contribution is 2.43. The number of benzene rings is 1. The summed E-state index contributed by atoms with van der Waals surface area (Å²) in [6.45, 7) is -1.84.